The van der Waals surface area contributed by atoms with Crippen LogP contribution >= 0.6 is 12.6 Å². The zero-order chi connectivity index (χ0) is 12.8. The van der Waals surface area contributed by atoms with Gasteiger partial charge in [0.2, 0.25) is 0 Å². The fourth-order valence-electron chi connectivity index (χ4n) is 1.45. The average Bonchev–Trinajstić information content (AvgIpc) is 2.40. The van der Waals surface area contributed by atoms with Crippen LogP contribution in [-0.4, -0.2) is 6.09 Å². The molecule has 0 aliphatic heterocycles. The van der Waals surface area contributed by atoms with Gasteiger partial charge in [0.15, 0.2) is 0 Å². The zero-order valence-electron chi connectivity index (χ0n) is 9.67. The van der Waals surface area contributed by atoms with Gasteiger partial charge in [-0.05, 0) is 17.7 Å². The number of hydrogen-bond acceptors (Lipinski definition) is 3. The van der Waals surface area contributed by atoms with Gasteiger partial charge < -0.3 is 4.74 Å². The van der Waals surface area contributed by atoms with E-state index in [1.165, 1.54) is 0 Å². The van der Waals surface area contributed by atoms with Gasteiger partial charge in [-0.25, -0.2) is 4.79 Å². The number of carbonyl (C=O) groups is 1. The maximum absolute atomic E-state index is 11.6. The molecular weight excluding hydrogens is 246 g/mol. The molecule has 0 fully saturated rings. The molecule has 0 radical (unpaired) electrons. The van der Waals surface area contributed by atoms with Crippen molar-refractivity contribution in [3.63, 3.8) is 0 Å². The lowest BCUT2D eigenvalue weighted by atomic mass is 10.2. The standard InChI is InChI=1S/C14H13NO2S/c16-14(15-12-8-4-5-9-13(12)18)17-10-11-6-2-1-3-7-11/h1-9,18H,10H2,(H,15,16). The van der Waals surface area contributed by atoms with Crippen molar-refractivity contribution in [2.24, 2.45) is 0 Å². The Morgan fingerprint density at radius 2 is 1.72 bits per heavy atom. The Balaban J connectivity index is 1.88. The monoisotopic (exact) mass is 259 g/mol. The smallest absolute Gasteiger partial charge is 0.411 e. The molecule has 1 N–H and O–H groups in total. The third kappa shape index (κ3) is 3.53. The normalized spacial score (nSPS) is 9.83. The number of para-hydroxylation sites is 1. The van der Waals surface area contributed by atoms with E-state index in [0.717, 1.165) is 5.56 Å². The van der Waals surface area contributed by atoms with Crippen LogP contribution in [0, 0.1) is 0 Å². The third-order valence-electron chi connectivity index (χ3n) is 2.35. The van der Waals surface area contributed by atoms with Gasteiger partial charge in [0.05, 0.1) is 5.69 Å². The number of amides is 1. The molecule has 2 rings (SSSR count). The van der Waals surface area contributed by atoms with E-state index in [2.05, 4.69) is 17.9 Å². The van der Waals surface area contributed by atoms with Gasteiger partial charge >= 0.3 is 6.09 Å². The minimum absolute atomic E-state index is 0.251. The second-order valence-electron chi connectivity index (χ2n) is 3.70. The maximum Gasteiger partial charge on any atom is 0.411 e. The second kappa shape index (κ2) is 6.12. The highest BCUT2D eigenvalue weighted by Gasteiger charge is 2.05. The van der Waals surface area contributed by atoms with Crippen LogP contribution in [-0.2, 0) is 11.3 Å². The first-order valence-electron chi connectivity index (χ1n) is 5.51. The SMILES string of the molecule is O=C(Nc1ccccc1S)OCc1ccccc1. The number of anilines is 1. The van der Waals surface area contributed by atoms with Crippen molar-refractivity contribution < 1.29 is 9.53 Å². The minimum atomic E-state index is -0.486. The molecule has 1 amide bonds. The number of nitrogens with one attached hydrogen (secondary N) is 1. The summed E-state index contributed by atoms with van der Waals surface area (Å²) in [5, 5.41) is 2.64. The van der Waals surface area contributed by atoms with Crippen LogP contribution in [0.1, 0.15) is 5.56 Å². The number of rotatable bonds is 3. The van der Waals surface area contributed by atoms with Crippen LogP contribution in [0.4, 0.5) is 10.5 Å². The first-order chi connectivity index (χ1) is 8.75. The van der Waals surface area contributed by atoms with Gasteiger partial charge in [-0.2, -0.15) is 0 Å². The molecule has 0 unspecified atom stereocenters. The molecule has 0 aromatic heterocycles. The summed E-state index contributed by atoms with van der Waals surface area (Å²) in [4.78, 5) is 12.3. The summed E-state index contributed by atoms with van der Waals surface area (Å²) in [6.07, 6.45) is -0.486. The van der Waals surface area contributed by atoms with Gasteiger partial charge in [-0.3, -0.25) is 5.32 Å². The Morgan fingerprint density at radius 1 is 1.06 bits per heavy atom. The maximum atomic E-state index is 11.6. The molecule has 0 aliphatic rings. The highest BCUT2D eigenvalue weighted by Crippen LogP contribution is 2.18. The number of carbonyl (C=O) groups excluding carboxylic acids is 1. The van der Waals surface area contributed by atoms with E-state index in [1.807, 2.05) is 42.5 Å². The van der Waals surface area contributed by atoms with Gasteiger partial charge in [-0.15, -0.1) is 12.6 Å². The van der Waals surface area contributed by atoms with Gasteiger partial charge in [0, 0.05) is 4.90 Å². The summed E-state index contributed by atoms with van der Waals surface area (Å²) in [6.45, 7) is 0.251. The van der Waals surface area contributed by atoms with Crippen LogP contribution in [0.2, 0.25) is 0 Å². The topological polar surface area (TPSA) is 38.3 Å². The first-order valence-corrected chi connectivity index (χ1v) is 5.96. The van der Waals surface area contributed by atoms with Crippen LogP contribution in [0.15, 0.2) is 59.5 Å². The quantitative estimate of drug-likeness (QED) is 0.824. The summed E-state index contributed by atoms with van der Waals surface area (Å²) < 4.78 is 5.10. The van der Waals surface area contributed by atoms with Crippen molar-refractivity contribution in [3.8, 4) is 0 Å². The van der Waals surface area contributed by atoms with E-state index in [9.17, 15) is 4.79 Å². The molecule has 0 bridgehead atoms. The molecule has 4 heteroatoms. The molecule has 0 saturated heterocycles. The van der Waals surface area contributed by atoms with Crippen LogP contribution in [0.5, 0.6) is 0 Å². The van der Waals surface area contributed by atoms with Crippen molar-refractivity contribution >= 4 is 24.4 Å². The fraction of sp³-hybridized carbons (Fsp3) is 0.0714. The highest BCUT2D eigenvalue weighted by atomic mass is 32.1. The molecule has 18 heavy (non-hydrogen) atoms. The predicted molar refractivity (Wildman–Crippen MR) is 73.9 cm³/mol. The molecule has 0 heterocycles. The van der Waals surface area contributed by atoms with Crippen molar-refractivity contribution in [2.45, 2.75) is 11.5 Å². The Labute approximate surface area is 111 Å². The first kappa shape index (κ1) is 12.5. The van der Waals surface area contributed by atoms with Crippen molar-refractivity contribution in [3.05, 3.63) is 60.2 Å². The van der Waals surface area contributed by atoms with E-state index in [4.69, 9.17) is 4.74 Å². The number of hydrogen-bond donors (Lipinski definition) is 2. The van der Waals surface area contributed by atoms with Crippen molar-refractivity contribution in [1.29, 1.82) is 0 Å². The Bertz CT molecular complexity index is 528. The van der Waals surface area contributed by atoms with Gasteiger partial charge in [0.1, 0.15) is 6.61 Å². The number of ether oxygens (including phenoxy) is 1. The molecule has 0 spiro atoms. The molecule has 92 valence electrons. The molecule has 2 aromatic rings. The molecule has 2 aromatic carbocycles. The van der Waals surface area contributed by atoms with Crippen LogP contribution in [0.3, 0.4) is 0 Å². The van der Waals surface area contributed by atoms with E-state index in [1.54, 1.807) is 12.1 Å². The van der Waals surface area contributed by atoms with E-state index < -0.39 is 6.09 Å². The molecule has 3 nitrogen and oxygen atoms in total. The summed E-state index contributed by atoms with van der Waals surface area (Å²) in [6, 6.07) is 16.8. The van der Waals surface area contributed by atoms with Crippen LogP contribution < -0.4 is 5.32 Å². The number of benzene rings is 2. The van der Waals surface area contributed by atoms with E-state index in [0.29, 0.717) is 10.6 Å². The summed E-state index contributed by atoms with van der Waals surface area (Å²) in [7, 11) is 0. The molecule has 0 atom stereocenters. The van der Waals surface area contributed by atoms with E-state index in [-0.39, 0.29) is 6.61 Å². The van der Waals surface area contributed by atoms with Crippen LogP contribution in [0.25, 0.3) is 0 Å². The Morgan fingerprint density at radius 3 is 2.44 bits per heavy atom. The van der Waals surface area contributed by atoms with Gasteiger partial charge in [0.25, 0.3) is 0 Å². The average molecular weight is 259 g/mol. The summed E-state index contributed by atoms with van der Waals surface area (Å²) in [5.74, 6) is 0. The molecule has 0 aliphatic carbocycles. The summed E-state index contributed by atoms with van der Waals surface area (Å²) >= 11 is 4.24. The summed E-state index contributed by atoms with van der Waals surface area (Å²) in [5.41, 5.74) is 1.59. The van der Waals surface area contributed by atoms with Gasteiger partial charge in [-0.1, -0.05) is 42.5 Å². The van der Waals surface area contributed by atoms with Crippen molar-refractivity contribution in [1.82, 2.24) is 0 Å². The molecule has 0 saturated carbocycles. The third-order valence-corrected chi connectivity index (χ3v) is 2.74. The lowest BCUT2D eigenvalue weighted by Crippen LogP contribution is -2.13. The lowest BCUT2D eigenvalue weighted by Gasteiger charge is -2.08. The minimum Gasteiger partial charge on any atom is -0.444 e. The predicted octanol–water partition coefficient (Wildman–Crippen LogP) is 3.72. The Kier molecular flexibility index (Phi) is 4.25. The fourth-order valence-corrected chi connectivity index (χ4v) is 1.67. The highest BCUT2D eigenvalue weighted by molar-refractivity contribution is 7.80. The largest absolute Gasteiger partial charge is 0.444 e. The second-order valence-corrected chi connectivity index (χ2v) is 4.19. The Hall–Kier alpha value is -1.94. The van der Waals surface area contributed by atoms with Crippen molar-refractivity contribution in [2.75, 3.05) is 5.32 Å². The zero-order valence-corrected chi connectivity index (χ0v) is 10.6. The van der Waals surface area contributed by atoms with E-state index >= 15 is 0 Å². The number of thiol groups is 1. The molecular formula is C14H13NO2S. The lowest BCUT2D eigenvalue weighted by molar-refractivity contribution is 0.155.